The van der Waals surface area contributed by atoms with Crippen LogP contribution in [0.2, 0.25) is 0 Å². The second kappa shape index (κ2) is 7.93. The number of rotatable bonds is 7. The predicted molar refractivity (Wildman–Crippen MR) is 84.8 cm³/mol. The van der Waals surface area contributed by atoms with Crippen LogP contribution in [0.25, 0.3) is 0 Å². The lowest BCUT2D eigenvalue weighted by Crippen LogP contribution is -2.11. The van der Waals surface area contributed by atoms with Gasteiger partial charge in [-0.15, -0.1) is 0 Å². The molecule has 0 aliphatic rings. The molecule has 2 aromatic carbocycles. The minimum absolute atomic E-state index is 0.339. The summed E-state index contributed by atoms with van der Waals surface area (Å²) in [6.45, 7) is 1.19. The summed E-state index contributed by atoms with van der Waals surface area (Å²) in [5, 5.41) is 3.22. The van der Waals surface area contributed by atoms with Gasteiger partial charge in [-0.1, -0.05) is 0 Å². The molecule has 0 bridgehead atoms. The van der Waals surface area contributed by atoms with Crippen molar-refractivity contribution in [2.45, 2.75) is 0 Å². The number of carbonyl (C=O) groups excluding carboxylic acids is 1. The van der Waals surface area contributed by atoms with Crippen LogP contribution in [-0.2, 0) is 4.74 Å². The molecule has 116 valence electrons. The maximum absolute atomic E-state index is 11.3. The van der Waals surface area contributed by atoms with Crippen LogP contribution in [0.5, 0.6) is 11.5 Å². The zero-order valence-corrected chi connectivity index (χ0v) is 12.7. The molecule has 1 N–H and O–H groups in total. The van der Waals surface area contributed by atoms with Gasteiger partial charge in [0.2, 0.25) is 0 Å². The molecule has 0 radical (unpaired) electrons. The normalized spacial score (nSPS) is 9.91. The third-order valence-electron chi connectivity index (χ3n) is 3.07. The highest BCUT2D eigenvalue weighted by molar-refractivity contribution is 5.89. The highest BCUT2D eigenvalue weighted by atomic mass is 16.5. The smallest absolute Gasteiger partial charge is 0.337 e. The van der Waals surface area contributed by atoms with Crippen LogP contribution in [0.1, 0.15) is 10.4 Å². The van der Waals surface area contributed by atoms with E-state index in [9.17, 15) is 4.79 Å². The monoisotopic (exact) mass is 301 g/mol. The van der Waals surface area contributed by atoms with Gasteiger partial charge >= 0.3 is 5.97 Å². The van der Waals surface area contributed by atoms with Gasteiger partial charge in [0.15, 0.2) is 0 Å². The number of esters is 1. The van der Waals surface area contributed by atoms with Gasteiger partial charge in [0, 0.05) is 12.2 Å². The molecule has 0 fully saturated rings. The maximum Gasteiger partial charge on any atom is 0.337 e. The van der Waals surface area contributed by atoms with Crippen molar-refractivity contribution in [2.24, 2.45) is 0 Å². The van der Waals surface area contributed by atoms with Crippen molar-refractivity contribution in [3.05, 3.63) is 54.1 Å². The van der Waals surface area contributed by atoms with Crippen molar-refractivity contribution < 1.29 is 19.0 Å². The number of benzene rings is 2. The zero-order chi connectivity index (χ0) is 15.8. The molecule has 0 unspecified atom stereocenters. The van der Waals surface area contributed by atoms with Crippen LogP contribution in [0, 0.1) is 0 Å². The first-order chi connectivity index (χ1) is 10.7. The second-order valence-corrected chi connectivity index (χ2v) is 4.52. The lowest BCUT2D eigenvalue weighted by Gasteiger charge is -2.09. The van der Waals surface area contributed by atoms with Gasteiger partial charge in [-0.3, -0.25) is 0 Å². The van der Waals surface area contributed by atoms with E-state index in [1.54, 1.807) is 19.2 Å². The number of anilines is 1. The first-order valence-electron chi connectivity index (χ1n) is 6.92. The lowest BCUT2D eigenvalue weighted by atomic mass is 10.2. The number of hydrogen-bond acceptors (Lipinski definition) is 5. The molecule has 0 heterocycles. The summed E-state index contributed by atoms with van der Waals surface area (Å²) in [4.78, 5) is 11.3. The lowest BCUT2D eigenvalue weighted by molar-refractivity contribution is 0.0601. The molecule has 0 atom stereocenters. The number of carbonyl (C=O) groups is 1. The number of methoxy groups -OCH3 is 2. The van der Waals surface area contributed by atoms with Gasteiger partial charge < -0.3 is 19.5 Å². The van der Waals surface area contributed by atoms with Crippen molar-refractivity contribution in [3.8, 4) is 11.5 Å². The Hall–Kier alpha value is -2.69. The highest BCUT2D eigenvalue weighted by Gasteiger charge is 2.03. The third kappa shape index (κ3) is 4.41. The number of ether oxygens (including phenoxy) is 3. The quantitative estimate of drug-likeness (QED) is 0.629. The molecule has 0 aromatic heterocycles. The Morgan fingerprint density at radius 2 is 1.59 bits per heavy atom. The van der Waals surface area contributed by atoms with E-state index in [1.807, 2.05) is 36.4 Å². The SMILES string of the molecule is COC(=O)c1ccc(NCCOc2ccc(OC)cc2)cc1. The molecule has 5 heteroatoms. The summed E-state index contributed by atoms with van der Waals surface area (Å²) in [7, 11) is 3.00. The first-order valence-corrected chi connectivity index (χ1v) is 6.92. The van der Waals surface area contributed by atoms with Crippen LogP contribution in [0.4, 0.5) is 5.69 Å². The van der Waals surface area contributed by atoms with Gasteiger partial charge in [0.25, 0.3) is 0 Å². The Labute approximate surface area is 129 Å². The van der Waals surface area contributed by atoms with Gasteiger partial charge in [-0.05, 0) is 48.5 Å². The number of nitrogens with one attached hydrogen (secondary N) is 1. The van der Waals surface area contributed by atoms with E-state index in [2.05, 4.69) is 10.1 Å². The summed E-state index contributed by atoms with van der Waals surface area (Å²) in [6.07, 6.45) is 0. The van der Waals surface area contributed by atoms with E-state index in [0.717, 1.165) is 17.2 Å². The summed E-state index contributed by atoms with van der Waals surface area (Å²) < 4.78 is 15.4. The van der Waals surface area contributed by atoms with Gasteiger partial charge in [0.1, 0.15) is 18.1 Å². The molecule has 5 nitrogen and oxygen atoms in total. The molecule has 0 spiro atoms. The molecule has 0 amide bonds. The second-order valence-electron chi connectivity index (χ2n) is 4.52. The van der Waals surface area contributed by atoms with Crippen LogP contribution in [0.3, 0.4) is 0 Å². The molecule has 22 heavy (non-hydrogen) atoms. The van der Waals surface area contributed by atoms with E-state index < -0.39 is 0 Å². The molecule has 0 aliphatic heterocycles. The Balaban J connectivity index is 1.75. The average Bonchev–Trinajstić information content (AvgIpc) is 2.59. The van der Waals surface area contributed by atoms with Crippen molar-refractivity contribution in [1.29, 1.82) is 0 Å². The molecular weight excluding hydrogens is 282 g/mol. The van der Waals surface area contributed by atoms with E-state index in [-0.39, 0.29) is 5.97 Å². The standard InChI is InChI=1S/C17H19NO4/c1-20-15-7-9-16(10-8-15)22-12-11-18-14-5-3-13(4-6-14)17(19)21-2/h3-10,18H,11-12H2,1-2H3. The van der Waals surface area contributed by atoms with E-state index in [4.69, 9.17) is 9.47 Å². The fourth-order valence-electron chi connectivity index (χ4n) is 1.88. The Bertz CT molecular complexity index is 593. The van der Waals surface area contributed by atoms with Crippen LogP contribution in [-0.4, -0.2) is 33.3 Å². The molecule has 0 saturated carbocycles. The molecule has 0 saturated heterocycles. The largest absolute Gasteiger partial charge is 0.497 e. The minimum atomic E-state index is -0.339. The summed E-state index contributed by atoms with van der Waals surface area (Å²) in [5.74, 6) is 1.26. The molecular formula is C17H19NO4. The third-order valence-corrected chi connectivity index (χ3v) is 3.07. The first kappa shape index (κ1) is 15.7. The summed E-state index contributed by atoms with van der Waals surface area (Å²) in [5.41, 5.74) is 1.45. The Morgan fingerprint density at radius 1 is 0.955 bits per heavy atom. The summed E-state index contributed by atoms with van der Waals surface area (Å²) in [6, 6.07) is 14.5. The predicted octanol–water partition coefficient (Wildman–Crippen LogP) is 2.97. The van der Waals surface area contributed by atoms with E-state index in [1.165, 1.54) is 7.11 Å². The Morgan fingerprint density at radius 3 is 2.18 bits per heavy atom. The molecule has 2 aromatic rings. The highest BCUT2D eigenvalue weighted by Crippen LogP contribution is 2.17. The van der Waals surface area contributed by atoms with Gasteiger partial charge in [-0.25, -0.2) is 4.79 Å². The van der Waals surface area contributed by atoms with Crippen LogP contribution in [0.15, 0.2) is 48.5 Å². The van der Waals surface area contributed by atoms with E-state index >= 15 is 0 Å². The minimum Gasteiger partial charge on any atom is -0.497 e. The van der Waals surface area contributed by atoms with Crippen molar-refractivity contribution in [3.63, 3.8) is 0 Å². The van der Waals surface area contributed by atoms with Crippen LogP contribution < -0.4 is 14.8 Å². The number of hydrogen-bond donors (Lipinski definition) is 1. The molecule has 2 rings (SSSR count). The van der Waals surface area contributed by atoms with Crippen LogP contribution >= 0.6 is 0 Å². The average molecular weight is 301 g/mol. The topological polar surface area (TPSA) is 56.8 Å². The van der Waals surface area contributed by atoms with E-state index in [0.29, 0.717) is 18.7 Å². The molecule has 0 aliphatic carbocycles. The summed E-state index contributed by atoms with van der Waals surface area (Å²) >= 11 is 0. The van der Waals surface area contributed by atoms with Gasteiger partial charge in [-0.2, -0.15) is 0 Å². The van der Waals surface area contributed by atoms with Crippen molar-refractivity contribution in [2.75, 3.05) is 32.7 Å². The van der Waals surface area contributed by atoms with Crippen molar-refractivity contribution >= 4 is 11.7 Å². The zero-order valence-electron chi connectivity index (χ0n) is 12.7. The van der Waals surface area contributed by atoms with Gasteiger partial charge in [0.05, 0.1) is 19.8 Å². The van der Waals surface area contributed by atoms with Crippen molar-refractivity contribution in [1.82, 2.24) is 0 Å². The Kier molecular flexibility index (Phi) is 5.65. The fraction of sp³-hybridized carbons (Fsp3) is 0.235. The fourth-order valence-corrected chi connectivity index (χ4v) is 1.88. The maximum atomic E-state index is 11.3.